The van der Waals surface area contributed by atoms with Crippen LogP contribution in [0.5, 0.6) is 5.75 Å². The smallest absolute Gasteiger partial charge is 0.261 e. The molecular formula is C20H24Cl2N2O3S. The van der Waals surface area contributed by atoms with E-state index in [4.69, 9.17) is 21.1 Å². The number of benzene rings is 1. The number of ether oxygens (including phenoxy) is 2. The predicted molar refractivity (Wildman–Crippen MR) is 114 cm³/mol. The molecule has 0 atom stereocenters. The maximum atomic E-state index is 12.6. The minimum Gasteiger partial charge on any atom is -0.490 e. The van der Waals surface area contributed by atoms with Gasteiger partial charge in [0.05, 0.1) is 23.1 Å². The Morgan fingerprint density at radius 3 is 2.89 bits per heavy atom. The average molecular weight is 443 g/mol. The Labute approximate surface area is 180 Å². The first-order valence-corrected chi connectivity index (χ1v) is 10.5. The number of rotatable bonds is 5. The molecule has 3 heterocycles. The van der Waals surface area contributed by atoms with Crippen LogP contribution in [0.2, 0.25) is 5.02 Å². The Balaban J connectivity index is 0.00000225. The van der Waals surface area contributed by atoms with Gasteiger partial charge in [-0.05, 0) is 56.1 Å². The van der Waals surface area contributed by atoms with Crippen molar-refractivity contribution in [2.75, 3.05) is 32.8 Å². The predicted octanol–water partition coefficient (Wildman–Crippen LogP) is 3.78. The number of piperidine rings is 1. The Kier molecular flexibility index (Phi) is 7.23. The standard InChI is InChI=1S/C20H23ClN2O3S.ClH/c21-15-3-1-2-4-16(15)25-12-10-23-19(24)17-13-14-5-11-26-20(18(14)27-17)6-8-22-9-7-20;/h1-4,13,22H,5-12H2,(H,23,24);1H. The topological polar surface area (TPSA) is 59.6 Å². The molecule has 2 N–H and O–H groups in total. The lowest BCUT2D eigenvalue weighted by molar-refractivity contribution is -0.0771. The first kappa shape index (κ1) is 21.4. The van der Waals surface area contributed by atoms with E-state index in [-0.39, 0.29) is 23.9 Å². The van der Waals surface area contributed by atoms with Crippen LogP contribution in [-0.4, -0.2) is 38.8 Å². The maximum Gasteiger partial charge on any atom is 0.261 e. The van der Waals surface area contributed by atoms with E-state index in [1.54, 1.807) is 17.4 Å². The van der Waals surface area contributed by atoms with Gasteiger partial charge in [-0.15, -0.1) is 23.7 Å². The van der Waals surface area contributed by atoms with Crippen molar-refractivity contribution < 1.29 is 14.3 Å². The quantitative estimate of drug-likeness (QED) is 0.691. The molecule has 1 aromatic carbocycles. The minimum atomic E-state index is -0.199. The van der Waals surface area contributed by atoms with E-state index in [9.17, 15) is 4.79 Å². The van der Waals surface area contributed by atoms with Gasteiger partial charge in [0.2, 0.25) is 0 Å². The minimum absolute atomic E-state index is 0. The summed E-state index contributed by atoms with van der Waals surface area (Å²) in [6.45, 7) is 3.45. The Hall–Kier alpha value is -1.31. The summed E-state index contributed by atoms with van der Waals surface area (Å²) in [7, 11) is 0. The number of halogens is 2. The zero-order valence-electron chi connectivity index (χ0n) is 15.5. The number of carbonyl (C=O) groups is 1. The lowest BCUT2D eigenvalue weighted by atomic mass is 9.86. The Morgan fingerprint density at radius 2 is 2.11 bits per heavy atom. The van der Waals surface area contributed by atoms with Gasteiger partial charge >= 0.3 is 0 Å². The molecule has 1 saturated heterocycles. The normalized spacial score (nSPS) is 17.5. The molecule has 4 rings (SSSR count). The Bertz CT molecular complexity index is 822. The second-order valence-corrected chi connectivity index (χ2v) is 8.30. The lowest BCUT2D eigenvalue weighted by Gasteiger charge is -2.40. The number of carbonyl (C=O) groups excluding carboxylic acids is 1. The number of fused-ring (bicyclic) bond motifs is 2. The first-order valence-electron chi connectivity index (χ1n) is 9.31. The number of nitrogens with one attached hydrogen (secondary N) is 2. The fraction of sp³-hybridized carbons (Fsp3) is 0.450. The van der Waals surface area contributed by atoms with Crippen LogP contribution < -0.4 is 15.4 Å². The molecule has 152 valence electrons. The molecule has 1 spiro atoms. The SMILES string of the molecule is Cl.O=C(NCCOc1ccccc1Cl)c1cc2c(s1)C1(CCNCC1)OCC2. The van der Waals surface area contributed by atoms with Crippen LogP contribution >= 0.6 is 35.3 Å². The van der Waals surface area contributed by atoms with Crippen molar-refractivity contribution in [3.63, 3.8) is 0 Å². The summed E-state index contributed by atoms with van der Waals surface area (Å²) in [6, 6.07) is 9.36. The third kappa shape index (κ3) is 4.47. The van der Waals surface area contributed by atoms with Crippen LogP contribution in [0.1, 0.15) is 33.0 Å². The van der Waals surface area contributed by atoms with Crippen molar-refractivity contribution in [2.24, 2.45) is 0 Å². The summed E-state index contributed by atoms with van der Waals surface area (Å²) < 4.78 is 11.8. The second-order valence-electron chi connectivity index (χ2n) is 6.84. The molecule has 2 aromatic rings. The van der Waals surface area contributed by atoms with Gasteiger partial charge in [-0.25, -0.2) is 0 Å². The van der Waals surface area contributed by atoms with Gasteiger partial charge in [-0.2, -0.15) is 0 Å². The van der Waals surface area contributed by atoms with Crippen LogP contribution in [0.15, 0.2) is 30.3 Å². The molecule has 2 aliphatic heterocycles. The first-order chi connectivity index (χ1) is 13.2. The van der Waals surface area contributed by atoms with Crippen LogP contribution in [0.3, 0.4) is 0 Å². The average Bonchev–Trinajstić information content (AvgIpc) is 3.13. The molecule has 0 radical (unpaired) electrons. The monoisotopic (exact) mass is 442 g/mol. The molecule has 1 aromatic heterocycles. The van der Waals surface area contributed by atoms with Crippen molar-refractivity contribution >= 4 is 41.3 Å². The maximum absolute atomic E-state index is 12.6. The van der Waals surface area contributed by atoms with Gasteiger partial charge in [0, 0.05) is 4.88 Å². The molecule has 0 saturated carbocycles. The van der Waals surface area contributed by atoms with E-state index in [0.29, 0.717) is 23.9 Å². The van der Waals surface area contributed by atoms with Gasteiger partial charge in [0.15, 0.2) is 0 Å². The van der Waals surface area contributed by atoms with Crippen LogP contribution in [0, 0.1) is 0 Å². The lowest BCUT2D eigenvalue weighted by Crippen LogP contribution is -2.43. The van der Waals surface area contributed by atoms with Crippen molar-refractivity contribution in [1.29, 1.82) is 0 Å². The highest BCUT2D eigenvalue weighted by Crippen LogP contribution is 2.44. The molecule has 8 heteroatoms. The van der Waals surface area contributed by atoms with E-state index < -0.39 is 0 Å². The van der Waals surface area contributed by atoms with Gasteiger partial charge < -0.3 is 20.1 Å². The number of hydrogen-bond donors (Lipinski definition) is 2. The number of hydrogen-bond acceptors (Lipinski definition) is 5. The van der Waals surface area contributed by atoms with Crippen molar-refractivity contribution in [1.82, 2.24) is 10.6 Å². The van der Waals surface area contributed by atoms with E-state index in [1.165, 1.54) is 10.4 Å². The highest BCUT2D eigenvalue weighted by molar-refractivity contribution is 7.14. The molecule has 0 bridgehead atoms. The molecule has 0 unspecified atom stereocenters. The summed E-state index contributed by atoms with van der Waals surface area (Å²) in [5.74, 6) is 0.575. The molecule has 0 aliphatic carbocycles. The fourth-order valence-corrected chi connectivity index (χ4v) is 5.23. The second kappa shape index (κ2) is 9.46. The third-order valence-corrected chi connectivity index (χ3v) is 6.76. The van der Waals surface area contributed by atoms with Crippen LogP contribution in [0.4, 0.5) is 0 Å². The number of amides is 1. The zero-order valence-corrected chi connectivity index (χ0v) is 17.9. The van der Waals surface area contributed by atoms with Crippen molar-refractivity contribution in [2.45, 2.75) is 24.9 Å². The van der Waals surface area contributed by atoms with Crippen molar-refractivity contribution in [3.05, 3.63) is 50.7 Å². The van der Waals surface area contributed by atoms with Gasteiger partial charge in [-0.3, -0.25) is 4.79 Å². The molecular weight excluding hydrogens is 419 g/mol. The molecule has 1 fully saturated rings. The summed E-state index contributed by atoms with van der Waals surface area (Å²) in [6.07, 6.45) is 2.81. The summed E-state index contributed by atoms with van der Waals surface area (Å²) in [5.41, 5.74) is 1.07. The van der Waals surface area contributed by atoms with E-state index >= 15 is 0 Å². The van der Waals surface area contributed by atoms with Crippen LogP contribution in [0.25, 0.3) is 0 Å². The highest BCUT2D eigenvalue weighted by atomic mass is 35.5. The summed E-state index contributed by atoms with van der Waals surface area (Å²) in [4.78, 5) is 14.6. The third-order valence-electron chi connectivity index (χ3n) is 5.09. The zero-order chi connectivity index (χ0) is 18.7. The molecule has 2 aliphatic rings. The van der Waals surface area contributed by atoms with E-state index in [2.05, 4.69) is 10.6 Å². The van der Waals surface area contributed by atoms with Crippen LogP contribution in [-0.2, 0) is 16.8 Å². The van der Waals surface area contributed by atoms with E-state index in [1.807, 2.05) is 24.3 Å². The van der Waals surface area contributed by atoms with Gasteiger partial charge in [0.25, 0.3) is 5.91 Å². The number of thiophene rings is 1. The van der Waals surface area contributed by atoms with E-state index in [0.717, 1.165) is 43.8 Å². The number of para-hydroxylation sites is 1. The summed E-state index contributed by atoms with van der Waals surface area (Å²) >= 11 is 7.64. The van der Waals surface area contributed by atoms with Gasteiger partial charge in [0.1, 0.15) is 18.0 Å². The largest absolute Gasteiger partial charge is 0.490 e. The summed E-state index contributed by atoms with van der Waals surface area (Å²) in [5, 5.41) is 6.90. The Morgan fingerprint density at radius 1 is 1.32 bits per heavy atom. The van der Waals surface area contributed by atoms with Gasteiger partial charge in [-0.1, -0.05) is 23.7 Å². The molecule has 1 amide bonds. The molecule has 5 nitrogen and oxygen atoms in total. The highest BCUT2D eigenvalue weighted by Gasteiger charge is 2.41. The van der Waals surface area contributed by atoms with Crippen molar-refractivity contribution in [3.8, 4) is 5.75 Å². The fourth-order valence-electron chi connectivity index (χ4n) is 3.71. The molecule has 28 heavy (non-hydrogen) atoms.